The highest BCUT2D eigenvalue weighted by Crippen LogP contribution is 2.24. The number of aromatic nitrogens is 1. The molecule has 1 aromatic rings. The van der Waals surface area contributed by atoms with Crippen LogP contribution in [0.1, 0.15) is 44.2 Å². The van der Waals surface area contributed by atoms with Crippen LogP contribution in [-0.2, 0) is 0 Å². The van der Waals surface area contributed by atoms with Crippen molar-refractivity contribution in [3.63, 3.8) is 0 Å². The van der Waals surface area contributed by atoms with Crippen molar-refractivity contribution < 1.29 is 0 Å². The Morgan fingerprint density at radius 1 is 1.61 bits per heavy atom. The van der Waals surface area contributed by atoms with Gasteiger partial charge in [-0.3, -0.25) is 4.90 Å². The highest BCUT2D eigenvalue weighted by molar-refractivity contribution is 7.09. The number of hydrogen-bond acceptors (Lipinski definition) is 4. The van der Waals surface area contributed by atoms with Gasteiger partial charge in [0.1, 0.15) is 5.01 Å². The van der Waals surface area contributed by atoms with Crippen molar-refractivity contribution in [3.05, 3.63) is 16.6 Å². The van der Waals surface area contributed by atoms with Gasteiger partial charge in [-0.15, -0.1) is 11.3 Å². The van der Waals surface area contributed by atoms with Gasteiger partial charge in [0.2, 0.25) is 0 Å². The van der Waals surface area contributed by atoms with Crippen LogP contribution in [0.3, 0.4) is 0 Å². The molecule has 1 aromatic heterocycles. The lowest BCUT2D eigenvalue weighted by atomic mass is 9.98. The molecule has 0 aliphatic carbocycles. The molecule has 0 spiro atoms. The monoisotopic (exact) mass is 267 g/mol. The van der Waals surface area contributed by atoms with Crippen LogP contribution >= 0.6 is 11.3 Å². The number of piperidine rings is 1. The Hall–Kier alpha value is -0.450. The third-order valence-corrected chi connectivity index (χ3v) is 4.70. The number of hydrogen-bond donors (Lipinski definition) is 1. The van der Waals surface area contributed by atoms with Crippen LogP contribution in [0.15, 0.2) is 11.6 Å². The summed E-state index contributed by atoms with van der Waals surface area (Å²) in [5, 5.41) is 6.85. The van der Waals surface area contributed by atoms with Crippen LogP contribution in [0.5, 0.6) is 0 Å². The van der Waals surface area contributed by atoms with E-state index in [4.69, 9.17) is 0 Å². The maximum atomic E-state index is 4.47. The molecule has 2 atom stereocenters. The van der Waals surface area contributed by atoms with Crippen molar-refractivity contribution in [1.29, 1.82) is 0 Å². The second-order valence-electron chi connectivity index (χ2n) is 5.25. The summed E-state index contributed by atoms with van der Waals surface area (Å²) < 4.78 is 0. The van der Waals surface area contributed by atoms with Gasteiger partial charge in [0, 0.05) is 18.1 Å². The van der Waals surface area contributed by atoms with Gasteiger partial charge >= 0.3 is 0 Å². The molecule has 0 radical (unpaired) electrons. The number of nitrogens with one attached hydrogen (secondary N) is 1. The standard InChI is InChI=1S/C14H25N3S/c1-3-8-17(11-13-5-4-6-15-10-13)12(2)14-16-7-9-18-14/h7,9,12-13,15H,3-6,8,10-11H2,1-2H3. The maximum absolute atomic E-state index is 4.47. The molecule has 18 heavy (non-hydrogen) atoms. The Balaban J connectivity index is 1.93. The molecule has 0 saturated carbocycles. The van der Waals surface area contributed by atoms with Gasteiger partial charge in [0.15, 0.2) is 0 Å². The minimum atomic E-state index is 0.465. The van der Waals surface area contributed by atoms with Crippen molar-refractivity contribution in [2.24, 2.45) is 5.92 Å². The minimum absolute atomic E-state index is 0.465. The summed E-state index contributed by atoms with van der Waals surface area (Å²) in [5.41, 5.74) is 0. The van der Waals surface area contributed by atoms with E-state index in [1.807, 2.05) is 6.20 Å². The smallest absolute Gasteiger partial charge is 0.109 e. The summed E-state index contributed by atoms with van der Waals surface area (Å²) in [6, 6.07) is 0.465. The molecule has 1 saturated heterocycles. The lowest BCUT2D eigenvalue weighted by molar-refractivity contribution is 0.163. The molecule has 0 aromatic carbocycles. The van der Waals surface area contributed by atoms with E-state index in [-0.39, 0.29) is 0 Å². The number of thiazole rings is 1. The van der Waals surface area contributed by atoms with Gasteiger partial charge in [-0.2, -0.15) is 0 Å². The van der Waals surface area contributed by atoms with Gasteiger partial charge < -0.3 is 5.32 Å². The van der Waals surface area contributed by atoms with Crippen LogP contribution in [0.4, 0.5) is 0 Å². The van der Waals surface area contributed by atoms with Crippen LogP contribution in [0.2, 0.25) is 0 Å². The average molecular weight is 267 g/mol. The van der Waals surface area contributed by atoms with Crippen molar-refractivity contribution >= 4 is 11.3 Å². The molecule has 3 nitrogen and oxygen atoms in total. The largest absolute Gasteiger partial charge is 0.316 e. The predicted octanol–water partition coefficient (Wildman–Crippen LogP) is 2.92. The van der Waals surface area contributed by atoms with E-state index in [1.54, 1.807) is 11.3 Å². The normalized spacial score (nSPS) is 22.3. The number of rotatable bonds is 6. The zero-order chi connectivity index (χ0) is 12.8. The van der Waals surface area contributed by atoms with E-state index in [9.17, 15) is 0 Å². The first-order valence-electron chi connectivity index (χ1n) is 7.15. The minimum Gasteiger partial charge on any atom is -0.316 e. The molecular weight excluding hydrogens is 242 g/mol. The molecule has 4 heteroatoms. The molecule has 2 heterocycles. The van der Waals surface area contributed by atoms with Crippen molar-refractivity contribution in [2.45, 2.75) is 39.2 Å². The lowest BCUT2D eigenvalue weighted by Gasteiger charge is -2.33. The van der Waals surface area contributed by atoms with E-state index >= 15 is 0 Å². The summed E-state index contributed by atoms with van der Waals surface area (Å²) in [5.74, 6) is 0.813. The molecule has 0 bridgehead atoms. The summed E-state index contributed by atoms with van der Waals surface area (Å²) in [4.78, 5) is 7.08. The summed E-state index contributed by atoms with van der Waals surface area (Å²) in [6.45, 7) is 9.33. The van der Waals surface area contributed by atoms with Gasteiger partial charge in [0.05, 0.1) is 6.04 Å². The van der Waals surface area contributed by atoms with Crippen molar-refractivity contribution in [3.8, 4) is 0 Å². The van der Waals surface area contributed by atoms with E-state index in [2.05, 4.69) is 34.4 Å². The molecule has 2 unspecified atom stereocenters. The number of nitrogens with zero attached hydrogens (tertiary/aromatic N) is 2. The molecule has 1 aliphatic rings. The average Bonchev–Trinajstić information content (AvgIpc) is 2.92. The van der Waals surface area contributed by atoms with Gasteiger partial charge in [-0.25, -0.2) is 4.98 Å². The molecular formula is C14H25N3S. The Kier molecular flexibility index (Phi) is 5.60. The van der Waals surface area contributed by atoms with Gasteiger partial charge in [0.25, 0.3) is 0 Å². The molecule has 102 valence electrons. The summed E-state index contributed by atoms with van der Waals surface area (Å²) >= 11 is 1.78. The fourth-order valence-electron chi connectivity index (χ4n) is 2.74. The Morgan fingerprint density at radius 3 is 3.11 bits per heavy atom. The first-order valence-corrected chi connectivity index (χ1v) is 8.03. The molecule has 1 fully saturated rings. The van der Waals surface area contributed by atoms with E-state index < -0.39 is 0 Å². The summed E-state index contributed by atoms with van der Waals surface area (Å²) in [7, 11) is 0. The van der Waals surface area contributed by atoms with Gasteiger partial charge in [-0.05, 0) is 51.7 Å². The van der Waals surface area contributed by atoms with E-state index in [1.165, 1.54) is 50.4 Å². The predicted molar refractivity (Wildman–Crippen MR) is 78.0 cm³/mol. The van der Waals surface area contributed by atoms with E-state index in [0.717, 1.165) is 5.92 Å². The Morgan fingerprint density at radius 2 is 2.50 bits per heavy atom. The Labute approximate surface area is 115 Å². The van der Waals surface area contributed by atoms with Crippen LogP contribution in [0.25, 0.3) is 0 Å². The first-order chi connectivity index (χ1) is 8.81. The van der Waals surface area contributed by atoms with Crippen molar-refractivity contribution in [1.82, 2.24) is 15.2 Å². The SMILES string of the molecule is CCCN(CC1CCCNC1)C(C)c1nccs1. The quantitative estimate of drug-likeness (QED) is 0.859. The Bertz CT molecular complexity index is 320. The second-order valence-corrected chi connectivity index (χ2v) is 6.18. The van der Waals surface area contributed by atoms with Crippen molar-refractivity contribution in [2.75, 3.05) is 26.2 Å². The molecule has 1 N–H and O–H groups in total. The van der Waals surface area contributed by atoms with Crippen LogP contribution in [-0.4, -0.2) is 36.1 Å². The topological polar surface area (TPSA) is 28.2 Å². The van der Waals surface area contributed by atoms with Crippen LogP contribution in [0, 0.1) is 5.92 Å². The first kappa shape index (κ1) is 14.0. The van der Waals surface area contributed by atoms with Gasteiger partial charge in [-0.1, -0.05) is 6.92 Å². The third kappa shape index (κ3) is 3.77. The molecule has 0 amide bonds. The second kappa shape index (κ2) is 7.22. The fraction of sp³-hybridized carbons (Fsp3) is 0.786. The zero-order valence-corrected chi connectivity index (χ0v) is 12.4. The molecule has 2 rings (SSSR count). The zero-order valence-electron chi connectivity index (χ0n) is 11.6. The van der Waals surface area contributed by atoms with Crippen LogP contribution < -0.4 is 5.32 Å². The summed E-state index contributed by atoms with van der Waals surface area (Å²) in [6.07, 6.45) is 5.84. The maximum Gasteiger partial charge on any atom is 0.109 e. The fourth-order valence-corrected chi connectivity index (χ4v) is 3.47. The highest BCUT2D eigenvalue weighted by Gasteiger charge is 2.22. The van der Waals surface area contributed by atoms with E-state index in [0.29, 0.717) is 6.04 Å². The lowest BCUT2D eigenvalue weighted by Crippen LogP contribution is -2.39. The highest BCUT2D eigenvalue weighted by atomic mass is 32.1. The third-order valence-electron chi connectivity index (χ3n) is 3.76. The molecule has 1 aliphatic heterocycles.